The van der Waals surface area contributed by atoms with Gasteiger partial charge in [0.2, 0.25) is 5.88 Å². The average Bonchev–Trinajstić information content (AvgIpc) is 2.48. The number of oxime groups is 1. The number of fused-ring (bicyclic) bond motifs is 1. The molecule has 0 amide bonds. The number of ether oxygens (including phenoxy) is 1. The number of hydrogen-bond donors (Lipinski definition) is 2. The van der Waals surface area contributed by atoms with Gasteiger partial charge in [0.15, 0.2) is 5.84 Å². The fourth-order valence-corrected chi connectivity index (χ4v) is 3.07. The summed E-state index contributed by atoms with van der Waals surface area (Å²) in [7, 11) is 0. The highest BCUT2D eigenvalue weighted by Crippen LogP contribution is 2.30. The molecule has 3 N–H and O–H groups in total. The van der Waals surface area contributed by atoms with Crippen molar-refractivity contribution in [2.24, 2.45) is 16.8 Å². The van der Waals surface area contributed by atoms with Crippen LogP contribution < -0.4 is 10.5 Å². The second kappa shape index (κ2) is 6.33. The molecule has 1 saturated carbocycles. The fourth-order valence-electron chi connectivity index (χ4n) is 3.07. The van der Waals surface area contributed by atoms with Crippen molar-refractivity contribution in [1.82, 2.24) is 4.98 Å². The van der Waals surface area contributed by atoms with Crippen LogP contribution in [0.1, 0.15) is 55.3 Å². The van der Waals surface area contributed by atoms with E-state index in [-0.39, 0.29) is 5.84 Å². The standard InChI is InChI=1S/C16H23N3O2/c17-15(19-20)13-10-12-6-1-2-7-14(12)18-16(13)21-9-8-11-4-3-5-11/h10-11,20H,1-9H2,(H2,17,19). The van der Waals surface area contributed by atoms with Crippen LogP contribution in [0, 0.1) is 5.92 Å². The van der Waals surface area contributed by atoms with Crippen LogP contribution in [0.25, 0.3) is 0 Å². The molecule has 0 unspecified atom stereocenters. The zero-order chi connectivity index (χ0) is 14.7. The Morgan fingerprint density at radius 3 is 2.86 bits per heavy atom. The lowest BCUT2D eigenvalue weighted by Crippen LogP contribution is -2.20. The highest BCUT2D eigenvalue weighted by molar-refractivity contribution is 5.99. The van der Waals surface area contributed by atoms with Crippen LogP contribution in [0.15, 0.2) is 11.2 Å². The third-order valence-corrected chi connectivity index (χ3v) is 4.64. The normalized spacial score (nSPS) is 19.0. The molecule has 0 atom stereocenters. The molecule has 1 aromatic rings. The van der Waals surface area contributed by atoms with Crippen molar-refractivity contribution >= 4 is 5.84 Å². The van der Waals surface area contributed by atoms with E-state index in [9.17, 15) is 0 Å². The minimum atomic E-state index is 0.0783. The van der Waals surface area contributed by atoms with Gasteiger partial charge in [0, 0.05) is 5.69 Å². The summed E-state index contributed by atoms with van der Waals surface area (Å²) in [6.45, 7) is 0.655. The van der Waals surface area contributed by atoms with Crippen LogP contribution in [0.3, 0.4) is 0 Å². The molecule has 5 heteroatoms. The molecule has 1 fully saturated rings. The van der Waals surface area contributed by atoms with Gasteiger partial charge < -0.3 is 15.7 Å². The van der Waals surface area contributed by atoms with Gasteiger partial charge in [-0.05, 0) is 49.7 Å². The predicted molar refractivity (Wildman–Crippen MR) is 80.8 cm³/mol. The number of rotatable bonds is 5. The van der Waals surface area contributed by atoms with E-state index in [0.29, 0.717) is 18.1 Å². The van der Waals surface area contributed by atoms with Gasteiger partial charge in [-0.2, -0.15) is 0 Å². The monoisotopic (exact) mass is 289 g/mol. The Hall–Kier alpha value is -1.78. The zero-order valence-corrected chi connectivity index (χ0v) is 12.3. The number of nitrogens with zero attached hydrogens (tertiary/aromatic N) is 2. The topological polar surface area (TPSA) is 80.7 Å². The summed E-state index contributed by atoms with van der Waals surface area (Å²) in [5.74, 6) is 1.40. The minimum Gasteiger partial charge on any atom is -0.477 e. The Bertz CT molecular complexity index is 539. The molecule has 5 nitrogen and oxygen atoms in total. The van der Waals surface area contributed by atoms with Crippen LogP contribution in [-0.2, 0) is 12.8 Å². The van der Waals surface area contributed by atoms with E-state index in [1.165, 1.54) is 37.7 Å². The molecular weight excluding hydrogens is 266 g/mol. The van der Waals surface area contributed by atoms with Crippen LogP contribution >= 0.6 is 0 Å². The minimum absolute atomic E-state index is 0.0783. The lowest BCUT2D eigenvalue weighted by atomic mass is 9.83. The van der Waals surface area contributed by atoms with E-state index < -0.39 is 0 Å². The number of nitrogens with two attached hydrogens (primary N) is 1. The molecule has 0 bridgehead atoms. The quantitative estimate of drug-likeness (QED) is 0.378. The van der Waals surface area contributed by atoms with Gasteiger partial charge in [-0.3, -0.25) is 0 Å². The third kappa shape index (κ3) is 3.12. The highest BCUT2D eigenvalue weighted by atomic mass is 16.5. The average molecular weight is 289 g/mol. The molecule has 0 aromatic carbocycles. The number of pyridine rings is 1. The fraction of sp³-hybridized carbons (Fsp3) is 0.625. The first-order valence-corrected chi connectivity index (χ1v) is 7.91. The molecular formula is C16H23N3O2. The second-order valence-electron chi connectivity index (χ2n) is 6.07. The molecule has 0 saturated heterocycles. The molecule has 21 heavy (non-hydrogen) atoms. The lowest BCUT2D eigenvalue weighted by molar-refractivity contribution is 0.216. The highest BCUT2D eigenvalue weighted by Gasteiger charge is 2.20. The molecule has 114 valence electrons. The Labute approximate surface area is 125 Å². The van der Waals surface area contributed by atoms with E-state index in [1.807, 2.05) is 6.07 Å². The molecule has 2 aliphatic carbocycles. The van der Waals surface area contributed by atoms with E-state index >= 15 is 0 Å². The van der Waals surface area contributed by atoms with E-state index in [2.05, 4.69) is 10.1 Å². The second-order valence-corrected chi connectivity index (χ2v) is 6.07. The predicted octanol–water partition coefficient (Wildman–Crippen LogP) is 2.62. The van der Waals surface area contributed by atoms with E-state index in [4.69, 9.17) is 15.7 Å². The maximum Gasteiger partial charge on any atom is 0.224 e. The summed E-state index contributed by atoms with van der Waals surface area (Å²) in [6.07, 6.45) is 9.38. The Morgan fingerprint density at radius 2 is 2.14 bits per heavy atom. The molecule has 2 aliphatic rings. The Morgan fingerprint density at radius 1 is 1.33 bits per heavy atom. The van der Waals surface area contributed by atoms with Crippen molar-refractivity contribution in [3.8, 4) is 5.88 Å². The van der Waals surface area contributed by atoms with Crippen LogP contribution in [0.5, 0.6) is 5.88 Å². The molecule has 0 radical (unpaired) electrons. The molecule has 0 aliphatic heterocycles. The number of aromatic nitrogens is 1. The number of aryl methyl sites for hydroxylation is 2. The van der Waals surface area contributed by atoms with E-state index in [0.717, 1.165) is 30.9 Å². The summed E-state index contributed by atoms with van der Waals surface area (Å²) in [4.78, 5) is 4.63. The largest absolute Gasteiger partial charge is 0.477 e. The molecule has 1 heterocycles. The van der Waals surface area contributed by atoms with Crippen molar-refractivity contribution in [3.63, 3.8) is 0 Å². The Balaban J connectivity index is 1.78. The van der Waals surface area contributed by atoms with E-state index in [1.54, 1.807) is 0 Å². The summed E-state index contributed by atoms with van der Waals surface area (Å²) < 4.78 is 5.85. The van der Waals surface area contributed by atoms with Crippen LogP contribution in [0.4, 0.5) is 0 Å². The van der Waals surface area contributed by atoms with Gasteiger partial charge >= 0.3 is 0 Å². The summed E-state index contributed by atoms with van der Waals surface area (Å²) in [5, 5.41) is 12.1. The van der Waals surface area contributed by atoms with Crippen molar-refractivity contribution in [2.75, 3.05) is 6.61 Å². The van der Waals surface area contributed by atoms with Gasteiger partial charge in [0.25, 0.3) is 0 Å². The first kappa shape index (κ1) is 14.2. The van der Waals surface area contributed by atoms with Gasteiger partial charge in [0.05, 0.1) is 12.2 Å². The number of amidine groups is 1. The van der Waals surface area contributed by atoms with Crippen molar-refractivity contribution in [3.05, 3.63) is 22.9 Å². The van der Waals surface area contributed by atoms with Crippen LogP contribution in [-0.4, -0.2) is 22.6 Å². The zero-order valence-electron chi connectivity index (χ0n) is 12.3. The summed E-state index contributed by atoms with van der Waals surface area (Å²) in [5.41, 5.74) is 8.70. The van der Waals surface area contributed by atoms with Crippen molar-refractivity contribution < 1.29 is 9.94 Å². The molecule has 0 spiro atoms. The molecule has 1 aromatic heterocycles. The maximum absolute atomic E-state index is 8.96. The van der Waals surface area contributed by atoms with Crippen molar-refractivity contribution in [1.29, 1.82) is 0 Å². The third-order valence-electron chi connectivity index (χ3n) is 4.64. The maximum atomic E-state index is 8.96. The van der Waals surface area contributed by atoms with Crippen molar-refractivity contribution in [2.45, 2.75) is 51.4 Å². The number of hydrogen-bond acceptors (Lipinski definition) is 4. The lowest BCUT2D eigenvalue weighted by Gasteiger charge is -2.25. The smallest absolute Gasteiger partial charge is 0.224 e. The van der Waals surface area contributed by atoms with Crippen LogP contribution in [0.2, 0.25) is 0 Å². The SMILES string of the molecule is N/C(=N/O)c1cc2c(nc1OCCC1CCC1)CCCC2. The first-order chi connectivity index (χ1) is 10.3. The first-order valence-electron chi connectivity index (χ1n) is 7.91. The van der Waals surface area contributed by atoms with Gasteiger partial charge in [-0.25, -0.2) is 4.98 Å². The van der Waals surface area contributed by atoms with Gasteiger partial charge in [0.1, 0.15) is 0 Å². The Kier molecular flexibility index (Phi) is 4.27. The summed E-state index contributed by atoms with van der Waals surface area (Å²) in [6, 6.07) is 1.98. The summed E-state index contributed by atoms with van der Waals surface area (Å²) >= 11 is 0. The van der Waals surface area contributed by atoms with Gasteiger partial charge in [-0.1, -0.05) is 24.4 Å². The molecule has 3 rings (SSSR count). The van der Waals surface area contributed by atoms with Gasteiger partial charge in [-0.15, -0.1) is 0 Å².